The quantitative estimate of drug-likeness (QED) is 0.636. The first-order valence-corrected chi connectivity index (χ1v) is 7.90. The first-order valence-electron chi connectivity index (χ1n) is 7.08. The standard InChI is InChI=1S/C15H22N4OS/c1-11(14-18-10-12(2)21-14)9-19-15(16-3)17-7-6-13-5-4-8-20-13/h4-5,8,10-11H,6-7,9H2,1-3H3,(H2,16,17,19). The van der Waals surface area contributed by atoms with Crippen molar-refractivity contribution in [2.75, 3.05) is 20.1 Å². The summed E-state index contributed by atoms with van der Waals surface area (Å²) in [5, 5.41) is 7.77. The molecule has 2 aromatic rings. The molecule has 2 heterocycles. The fourth-order valence-corrected chi connectivity index (χ4v) is 2.74. The van der Waals surface area contributed by atoms with Crippen LogP contribution in [0.5, 0.6) is 0 Å². The molecule has 2 aromatic heterocycles. The molecule has 0 aliphatic carbocycles. The number of aliphatic imine (C=N–C) groups is 1. The van der Waals surface area contributed by atoms with Crippen LogP contribution in [-0.4, -0.2) is 31.1 Å². The Morgan fingerprint density at radius 1 is 1.48 bits per heavy atom. The Labute approximate surface area is 129 Å². The maximum absolute atomic E-state index is 5.30. The third-order valence-electron chi connectivity index (χ3n) is 3.10. The van der Waals surface area contributed by atoms with Crippen molar-refractivity contribution in [1.82, 2.24) is 15.6 Å². The zero-order valence-corrected chi connectivity index (χ0v) is 13.5. The van der Waals surface area contributed by atoms with Crippen LogP contribution in [0.25, 0.3) is 0 Å². The Balaban J connectivity index is 1.72. The Hall–Kier alpha value is -1.82. The van der Waals surface area contributed by atoms with Gasteiger partial charge in [0.1, 0.15) is 5.76 Å². The van der Waals surface area contributed by atoms with Crippen LogP contribution in [0.4, 0.5) is 0 Å². The Morgan fingerprint density at radius 3 is 2.95 bits per heavy atom. The van der Waals surface area contributed by atoms with Crippen LogP contribution in [0, 0.1) is 6.92 Å². The van der Waals surface area contributed by atoms with E-state index in [1.54, 1.807) is 24.6 Å². The van der Waals surface area contributed by atoms with Gasteiger partial charge in [-0.2, -0.15) is 0 Å². The normalized spacial score (nSPS) is 13.2. The molecule has 0 saturated carbocycles. The van der Waals surface area contributed by atoms with Gasteiger partial charge in [-0.15, -0.1) is 11.3 Å². The summed E-state index contributed by atoms with van der Waals surface area (Å²) >= 11 is 1.75. The lowest BCUT2D eigenvalue weighted by molar-refractivity contribution is 0.506. The zero-order chi connectivity index (χ0) is 15.1. The van der Waals surface area contributed by atoms with Gasteiger partial charge in [0.15, 0.2) is 5.96 Å². The SMILES string of the molecule is CN=C(NCCc1ccco1)NCC(C)c1ncc(C)s1. The maximum Gasteiger partial charge on any atom is 0.191 e. The summed E-state index contributed by atoms with van der Waals surface area (Å²) in [5.74, 6) is 2.15. The minimum absolute atomic E-state index is 0.368. The molecule has 21 heavy (non-hydrogen) atoms. The van der Waals surface area contributed by atoms with Crippen LogP contribution in [0.3, 0.4) is 0 Å². The molecule has 1 unspecified atom stereocenters. The van der Waals surface area contributed by atoms with E-state index >= 15 is 0 Å². The lowest BCUT2D eigenvalue weighted by atomic mass is 10.2. The topological polar surface area (TPSA) is 62.5 Å². The van der Waals surface area contributed by atoms with Gasteiger partial charge < -0.3 is 15.1 Å². The van der Waals surface area contributed by atoms with Gasteiger partial charge >= 0.3 is 0 Å². The number of furan rings is 1. The minimum atomic E-state index is 0.368. The number of hydrogen-bond donors (Lipinski definition) is 2. The van der Waals surface area contributed by atoms with Crippen molar-refractivity contribution in [3.8, 4) is 0 Å². The summed E-state index contributed by atoms with van der Waals surface area (Å²) in [4.78, 5) is 9.89. The maximum atomic E-state index is 5.30. The van der Waals surface area contributed by atoms with Crippen molar-refractivity contribution < 1.29 is 4.42 Å². The fraction of sp³-hybridized carbons (Fsp3) is 0.467. The zero-order valence-electron chi connectivity index (χ0n) is 12.7. The second kappa shape index (κ2) is 7.83. The average Bonchev–Trinajstić information content (AvgIpc) is 3.13. The molecule has 2 N–H and O–H groups in total. The predicted molar refractivity (Wildman–Crippen MR) is 87.0 cm³/mol. The molecule has 6 heteroatoms. The van der Waals surface area contributed by atoms with Crippen LogP contribution in [-0.2, 0) is 6.42 Å². The number of thiazole rings is 1. The Bertz CT molecular complexity index is 562. The third-order valence-corrected chi connectivity index (χ3v) is 4.25. The molecule has 0 aliphatic heterocycles. The smallest absolute Gasteiger partial charge is 0.191 e. The van der Waals surface area contributed by atoms with E-state index < -0.39 is 0 Å². The summed E-state index contributed by atoms with van der Waals surface area (Å²) < 4.78 is 5.30. The first-order chi connectivity index (χ1) is 10.2. The Morgan fingerprint density at radius 2 is 2.33 bits per heavy atom. The number of aryl methyl sites for hydroxylation is 1. The highest BCUT2D eigenvalue weighted by molar-refractivity contribution is 7.11. The fourth-order valence-electron chi connectivity index (χ4n) is 1.92. The van der Waals surface area contributed by atoms with Gasteiger partial charge in [-0.25, -0.2) is 4.98 Å². The summed E-state index contributed by atoms with van der Waals surface area (Å²) in [5.41, 5.74) is 0. The van der Waals surface area contributed by atoms with Gasteiger partial charge in [0, 0.05) is 43.5 Å². The molecule has 0 radical (unpaired) electrons. The van der Waals surface area contributed by atoms with Crippen molar-refractivity contribution in [2.24, 2.45) is 4.99 Å². The van der Waals surface area contributed by atoms with Gasteiger partial charge in [-0.1, -0.05) is 6.92 Å². The van der Waals surface area contributed by atoms with E-state index in [1.807, 2.05) is 18.3 Å². The van der Waals surface area contributed by atoms with Crippen molar-refractivity contribution in [1.29, 1.82) is 0 Å². The second-order valence-electron chi connectivity index (χ2n) is 4.92. The highest BCUT2D eigenvalue weighted by atomic mass is 32.1. The highest BCUT2D eigenvalue weighted by Gasteiger charge is 2.10. The molecule has 0 aliphatic rings. The second-order valence-corrected chi connectivity index (χ2v) is 6.19. The first kappa shape index (κ1) is 15.6. The third kappa shape index (κ3) is 4.90. The predicted octanol–water partition coefficient (Wildman–Crippen LogP) is 2.56. The number of guanidine groups is 1. The number of nitrogens with zero attached hydrogens (tertiary/aromatic N) is 2. The van der Waals surface area contributed by atoms with Gasteiger partial charge in [-0.3, -0.25) is 4.99 Å². The van der Waals surface area contributed by atoms with Gasteiger partial charge in [0.2, 0.25) is 0 Å². The molecular formula is C15H22N4OS. The van der Waals surface area contributed by atoms with Crippen molar-refractivity contribution in [3.05, 3.63) is 40.2 Å². The monoisotopic (exact) mass is 306 g/mol. The number of hydrogen-bond acceptors (Lipinski definition) is 4. The molecule has 0 spiro atoms. The van der Waals surface area contributed by atoms with Crippen molar-refractivity contribution in [2.45, 2.75) is 26.2 Å². The van der Waals surface area contributed by atoms with Crippen molar-refractivity contribution in [3.63, 3.8) is 0 Å². The van der Waals surface area contributed by atoms with Crippen molar-refractivity contribution >= 4 is 17.3 Å². The summed E-state index contributed by atoms with van der Waals surface area (Å²) in [6.07, 6.45) is 4.46. The number of aromatic nitrogens is 1. The lowest BCUT2D eigenvalue weighted by Crippen LogP contribution is -2.39. The van der Waals surface area contributed by atoms with Crippen LogP contribution in [0.15, 0.2) is 34.0 Å². The van der Waals surface area contributed by atoms with E-state index in [4.69, 9.17) is 4.42 Å². The number of nitrogens with one attached hydrogen (secondary N) is 2. The largest absolute Gasteiger partial charge is 0.469 e. The minimum Gasteiger partial charge on any atom is -0.469 e. The molecule has 0 saturated heterocycles. The van der Waals surface area contributed by atoms with E-state index in [1.165, 1.54) is 4.88 Å². The molecule has 114 valence electrons. The Kier molecular flexibility index (Phi) is 5.80. The lowest BCUT2D eigenvalue weighted by Gasteiger charge is -2.14. The molecule has 2 rings (SSSR count). The highest BCUT2D eigenvalue weighted by Crippen LogP contribution is 2.20. The molecule has 5 nitrogen and oxygen atoms in total. The van der Waals surface area contributed by atoms with Gasteiger partial charge in [-0.05, 0) is 19.1 Å². The van der Waals surface area contributed by atoms with E-state index in [0.29, 0.717) is 5.92 Å². The molecule has 0 aromatic carbocycles. The van der Waals surface area contributed by atoms with E-state index in [2.05, 4.69) is 34.5 Å². The van der Waals surface area contributed by atoms with E-state index in [-0.39, 0.29) is 0 Å². The molecular weight excluding hydrogens is 284 g/mol. The van der Waals surface area contributed by atoms with Crippen LogP contribution >= 0.6 is 11.3 Å². The van der Waals surface area contributed by atoms with Crippen LogP contribution in [0.2, 0.25) is 0 Å². The average molecular weight is 306 g/mol. The number of rotatable bonds is 6. The van der Waals surface area contributed by atoms with Gasteiger partial charge in [0.25, 0.3) is 0 Å². The van der Waals surface area contributed by atoms with Crippen LogP contribution in [0.1, 0.15) is 28.5 Å². The summed E-state index contributed by atoms with van der Waals surface area (Å²) in [7, 11) is 1.78. The molecule has 0 bridgehead atoms. The van der Waals surface area contributed by atoms with E-state index in [0.717, 1.165) is 36.2 Å². The molecule has 0 fully saturated rings. The van der Waals surface area contributed by atoms with Crippen LogP contribution < -0.4 is 10.6 Å². The molecule has 1 atom stereocenters. The van der Waals surface area contributed by atoms with E-state index in [9.17, 15) is 0 Å². The molecule has 0 amide bonds. The summed E-state index contributed by atoms with van der Waals surface area (Å²) in [6, 6.07) is 3.88. The summed E-state index contributed by atoms with van der Waals surface area (Å²) in [6.45, 7) is 5.85. The van der Waals surface area contributed by atoms with Gasteiger partial charge in [0.05, 0.1) is 11.3 Å².